The van der Waals surface area contributed by atoms with Crippen molar-refractivity contribution < 1.29 is 33.1 Å². The summed E-state index contributed by atoms with van der Waals surface area (Å²) in [6.45, 7) is 10.9. The number of amides is 3. The summed E-state index contributed by atoms with van der Waals surface area (Å²) >= 11 is 0. The van der Waals surface area contributed by atoms with Crippen LogP contribution in [-0.4, -0.2) is 52.7 Å². The number of hydrogen-bond donors (Lipinski definition) is 3. The van der Waals surface area contributed by atoms with Crippen LogP contribution in [0.3, 0.4) is 0 Å². The Morgan fingerprint density at radius 3 is 1.61 bits per heavy atom. The first-order valence-electron chi connectivity index (χ1n) is 20.8. The molecule has 5 aromatic carbocycles. The summed E-state index contributed by atoms with van der Waals surface area (Å²) in [5, 5.41) is 13.2. The van der Waals surface area contributed by atoms with E-state index < -0.39 is 46.9 Å². The molecule has 0 saturated heterocycles. The standard InChI is InChI=1S/C50H53N5O7/c1-48(2,3)60-32-42(52-47(58)61-49(4,5)6)44-53-45(62-55-44)41(51-46(57)59-31-40-38-28-18-16-26-36(38)37-27-17-19-29-39(37)40)30-43(56)54-50(33-20-10-7-11-21-33,34-22-12-8-13-23-34)35-24-14-9-15-25-35/h7-29,40-42H,30-32H2,1-6H3,(H,51,57)(H,52,58)(H,54,56). The maximum absolute atomic E-state index is 14.7. The molecular formula is C50H53N5O7. The number of alkyl carbamates (subject to hydrolysis) is 2. The zero-order valence-electron chi connectivity index (χ0n) is 35.9. The minimum Gasteiger partial charge on any atom is -0.449 e. The maximum Gasteiger partial charge on any atom is 0.408 e. The number of hydrogen-bond acceptors (Lipinski definition) is 9. The third-order valence-corrected chi connectivity index (χ3v) is 10.4. The van der Waals surface area contributed by atoms with Gasteiger partial charge < -0.3 is 34.7 Å². The molecule has 0 bridgehead atoms. The Bertz CT molecular complexity index is 2320. The summed E-state index contributed by atoms with van der Waals surface area (Å²) in [5.41, 5.74) is 4.27. The molecule has 12 nitrogen and oxygen atoms in total. The van der Waals surface area contributed by atoms with Crippen LogP contribution in [0, 0.1) is 0 Å². The topological polar surface area (TPSA) is 154 Å². The lowest BCUT2D eigenvalue weighted by atomic mass is 9.77. The molecular weight excluding hydrogens is 783 g/mol. The van der Waals surface area contributed by atoms with Crippen molar-refractivity contribution in [1.29, 1.82) is 0 Å². The molecule has 3 N–H and O–H groups in total. The van der Waals surface area contributed by atoms with Crippen LogP contribution in [0.25, 0.3) is 11.1 Å². The molecule has 2 atom stereocenters. The Balaban J connectivity index is 1.21. The van der Waals surface area contributed by atoms with Crippen LogP contribution in [0.4, 0.5) is 9.59 Å². The molecule has 0 radical (unpaired) electrons. The molecule has 1 aliphatic carbocycles. The van der Waals surface area contributed by atoms with Gasteiger partial charge in [0, 0.05) is 5.92 Å². The number of carbonyl (C=O) groups excluding carboxylic acids is 3. The number of aromatic nitrogens is 2. The molecule has 6 aromatic rings. The lowest BCUT2D eigenvalue weighted by molar-refractivity contribution is -0.123. The van der Waals surface area contributed by atoms with E-state index in [-0.39, 0.29) is 37.3 Å². The van der Waals surface area contributed by atoms with E-state index in [0.717, 1.165) is 38.9 Å². The van der Waals surface area contributed by atoms with Gasteiger partial charge >= 0.3 is 12.2 Å². The third kappa shape index (κ3) is 10.2. The molecule has 0 saturated carbocycles. The molecule has 1 aliphatic rings. The molecule has 0 fully saturated rings. The number of nitrogens with zero attached hydrogens (tertiary/aromatic N) is 2. The lowest BCUT2D eigenvalue weighted by Gasteiger charge is -2.37. The van der Waals surface area contributed by atoms with Gasteiger partial charge in [0.05, 0.1) is 18.6 Å². The van der Waals surface area contributed by atoms with Gasteiger partial charge in [0.15, 0.2) is 5.82 Å². The van der Waals surface area contributed by atoms with Gasteiger partial charge in [-0.3, -0.25) is 4.79 Å². The fourth-order valence-corrected chi connectivity index (χ4v) is 7.70. The van der Waals surface area contributed by atoms with Crippen molar-refractivity contribution in [3.05, 3.63) is 179 Å². The monoisotopic (exact) mass is 835 g/mol. The van der Waals surface area contributed by atoms with Crippen LogP contribution >= 0.6 is 0 Å². The number of nitrogens with one attached hydrogen (secondary N) is 3. The Hall–Kier alpha value is -6.79. The number of benzene rings is 5. The van der Waals surface area contributed by atoms with E-state index in [0.29, 0.717) is 0 Å². The van der Waals surface area contributed by atoms with Crippen LogP contribution in [-0.2, 0) is 24.5 Å². The summed E-state index contributed by atoms with van der Waals surface area (Å²) in [5.74, 6) is -0.664. The highest BCUT2D eigenvalue weighted by atomic mass is 16.6. The fourth-order valence-electron chi connectivity index (χ4n) is 7.70. The van der Waals surface area contributed by atoms with Gasteiger partial charge in [-0.05, 0) is 80.5 Å². The van der Waals surface area contributed by atoms with E-state index in [9.17, 15) is 14.4 Å². The zero-order chi connectivity index (χ0) is 43.9. The average molecular weight is 836 g/mol. The van der Waals surface area contributed by atoms with Crippen molar-refractivity contribution in [1.82, 2.24) is 26.1 Å². The predicted molar refractivity (Wildman–Crippen MR) is 235 cm³/mol. The van der Waals surface area contributed by atoms with E-state index >= 15 is 0 Å². The molecule has 12 heteroatoms. The average Bonchev–Trinajstić information content (AvgIpc) is 3.87. The lowest BCUT2D eigenvalue weighted by Crippen LogP contribution is -2.48. The molecule has 2 unspecified atom stereocenters. The highest BCUT2D eigenvalue weighted by Crippen LogP contribution is 2.44. The summed E-state index contributed by atoms with van der Waals surface area (Å²) in [6, 6.07) is 43.2. The minimum absolute atomic E-state index is 0.0274. The number of fused-ring (bicyclic) bond motifs is 3. The van der Waals surface area contributed by atoms with Gasteiger partial charge in [-0.2, -0.15) is 4.98 Å². The molecule has 62 heavy (non-hydrogen) atoms. The summed E-state index contributed by atoms with van der Waals surface area (Å²) in [7, 11) is 0. The first-order valence-corrected chi connectivity index (χ1v) is 20.8. The van der Waals surface area contributed by atoms with Crippen molar-refractivity contribution in [2.24, 2.45) is 0 Å². The minimum atomic E-state index is -1.17. The normalized spacial score (nSPS) is 13.6. The van der Waals surface area contributed by atoms with Crippen LogP contribution in [0.1, 0.15) is 105 Å². The summed E-state index contributed by atoms with van der Waals surface area (Å²) < 4.78 is 23.3. The SMILES string of the molecule is CC(C)(C)OCC(NC(=O)OC(C)(C)C)c1noc(C(CC(=O)NC(c2ccccc2)(c2ccccc2)c2ccccc2)NC(=O)OCC2c3ccccc3-c3ccccc32)n1. The van der Waals surface area contributed by atoms with Crippen molar-refractivity contribution in [2.45, 2.75) is 82.7 Å². The Morgan fingerprint density at radius 2 is 1.11 bits per heavy atom. The van der Waals surface area contributed by atoms with Crippen LogP contribution in [0.2, 0.25) is 0 Å². The van der Waals surface area contributed by atoms with Crippen molar-refractivity contribution in [3.63, 3.8) is 0 Å². The Kier molecular flexibility index (Phi) is 12.9. The zero-order valence-corrected chi connectivity index (χ0v) is 35.9. The molecule has 1 aromatic heterocycles. The fraction of sp³-hybridized carbons (Fsp3) is 0.300. The van der Waals surface area contributed by atoms with Gasteiger partial charge in [-0.25, -0.2) is 9.59 Å². The van der Waals surface area contributed by atoms with E-state index in [1.807, 2.05) is 148 Å². The predicted octanol–water partition coefficient (Wildman–Crippen LogP) is 9.53. The summed E-state index contributed by atoms with van der Waals surface area (Å²) in [4.78, 5) is 46.3. The molecule has 1 heterocycles. The van der Waals surface area contributed by atoms with Gasteiger partial charge in [0.1, 0.15) is 29.8 Å². The van der Waals surface area contributed by atoms with Gasteiger partial charge in [0.2, 0.25) is 11.8 Å². The second-order valence-electron chi connectivity index (χ2n) is 17.2. The van der Waals surface area contributed by atoms with Crippen molar-refractivity contribution in [2.75, 3.05) is 13.2 Å². The van der Waals surface area contributed by atoms with Crippen molar-refractivity contribution >= 4 is 18.1 Å². The smallest absolute Gasteiger partial charge is 0.408 e. The largest absolute Gasteiger partial charge is 0.449 e. The molecule has 7 rings (SSSR count). The van der Waals surface area contributed by atoms with Gasteiger partial charge in [-0.15, -0.1) is 0 Å². The van der Waals surface area contributed by atoms with Gasteiger partial charge in [-0.1, -0.05) is 145 Å². The number of ether oxygens (including phenoxy) is 3. The molecule has 3 amide bonds. The third-order valence-electron chi connectivity index (χ3n) is 10.4. The first-order chi connectivity index (χ1) is 29.7. The first kappa shape index (κ1) is 43.3. The Labute approximate surface area is 362 Å². The van der Waals surface area contributed by atoms with Crippen molar-refractivity contribution in [3.8, 4) is 11.1 Å². The number of rotatable bonds is 14. The highest BCUT2D eigenvalue weighted by Gasteiger charge is 2.39. The quantitative estimate of drug-likeness (QED) is 0.0911. The van der Waals surface area contributed by atoms with E-state index in [2.05, 4.69) is 38.2 Å². The second-order valence-corrected chi connectivity index (χ2v) is 17.2. The number of carbonyl (C=O) groups is 3. The van der Waals surface area contributed by atoms with Crippen LogP contribution in [0.15, 0.2) is 144 Å². The van der Waals surface area contributed by atoms with E-state index in [1.165, 1.54) is 0 Å². The van der Waals surface area contributed by atoms with E-state index in [4.69, 9.17) is 18.7 Å². The maximum atomic E-state index is 14.7. The highest BCUT2D eigenvalue weighted by molar-refractivity contribution is 5.81. The molecule has 320 valence electrons. The van der Waals surface area contributed by atoms with Crippen LogP contribution in [0.5, 0.6) is 0 Å². The summed E-state index contributed by atoms with van der Waals surface area (Å²) in [6.07, 6.45) is -1.83. The van der Waals surface area contributed by atoms with E-state index in [1.54, 1.807) is 20.8 Å². The Morgan fingerprint density at radius 1 is 0.629 bits per heavy atom. The molecule has 0 aliphatic heterocycles. The second kappa shape index (κ2) is 18.4. The van der Waals surface area contributed by atoms with Gasteiger partial charge in [0.25, 0.3) is 0 Å². The molecule has 0 spiro atoms. The van der Waals surface area contributed by atoms with Crippen LogP contribution < -0.4 is 16.0 Å².